The zero-order valence-corrected chi connectivity index (χ0v) is 14.4. The molecular formula is C16H23NO3S2. The van der Waals surface area contributed by atoms with Gasteiger partial charge in [0.2, 0.25) is 5.91 Å². The van der Waals surface area contributed by atoms with Gasteiger partial charge in [0.15, 0.2) is 0 Å². The van der Waals surface area contributed by atoms with E-state index >= 15 is 0 Å². The number of carbonyl (C=O) groups excluding carboxylic acids is 1. The van der Waals surface area contributed by atoms with Crippen LogP contribution in [0.3, 0.4) is 0 Å². The van der Waals surface area contributed by atoms with Gasteiger partial charge in [-0.2, -0.15) is 24.4 Å². The second kappa shape index (κ2) is 10.6. The lowest BCUT2D eigenvalue weighted by atomic mass is 9.99. The number of thiol groups is 1. The molecule has 1 rings (SSSR count). The predicted molar refractivity (Wildman–Crippen MR) is 94.7 cm³/mol. The topological polar surface area (TPSA) is 66.4 Å². The number of aliphatic carboxylic acids is 1. The van der Waals surface area contributed by atoms with Crippen molar-refractivity contribution in [3.05, 3.63) is 35.9 Å². The first-order chi connectivity index (χ1) is 10.6. The van der Waals surface area contributed by atoms with Gasteiger partial charge in [0.1, 0.15) is 6.04 Å². The highest BCUT2D eigenvalue weighted by Crippen LogP contribution is 2.13. The number of carboxylic acid groups (broad SMARTS) is 1. The van der Waals surface area contributed by atoms with Crippen molar-refractivity contribution in [3.8, 4) is 0 Å². The second-order valence-corrected chi connectivity index (χ2v) is 6.44. The van der Waals surface area contributed by atoms with E-state index in [2.05, 4.69) is 17.9 Å². The van der Waals surface area contributed by atoms with Crippen LogP contribution in [0.25, 0.3) is 0 Å². The maximum atomic E-state index is 12.2. The molecule has 1 amide bonds. The molecule has 2 N–H and O–H groups in total. The van der Waals surface area contributed by atoms with E-state index in [1.54, 1.807) is 11.8 Å². The van der Waals surface area contributed by atoms with E-state index in [9.17, 15) is 9.59 Å². The normalized spacial score (nSPS) is 13.4. The number of aryl methyl sites for hydroxylation is 1. The van der Waals surface area contributed by atoms with Crippen LogP contribution in [0.4, 0.5) is 0 Å². The first-order valence-corrected chi connectivity index (χ1v) is 9.28. The van der Waals surface area contributed by atoms with Crippen molar-refractivity contribution in [2.75, 3.05) is 17.8 Å². The van der Waals surface area contributed by atoms with Gasteiger partial charge in [-0.15, -0.1) is 0 Å². The van der Waals surface area contributed by atoms with Crippen molar-refractivity contribution < 1.29 is 14.7 Å². The summed E-state index contributed by atoms with van der Waals surface area (Å²) < 4.78 is 0. The molecule has 0 radical (unpaired) electrons. The minimum absolute atomic E-state index is 0.223. The number of hydrogen-bond acceptors (Lipinski definition) is 4. The zero-order chi connectivity index (χ0) is 16.4. The van der Waals surface area contributed by atoms with Crippen LogP contribution in [0.15, 0.2) is 30.3 Å². The third kappa shape index (κ3) is 6.75. The molecule has 6 heteroatoms. The third-order valence-corrected chi connectivity index (χ3v) is 4.53. The van der Waals surface area contributed by atoms with E-state index in [0.29, 0.717) is 24.3 Å². The lowest BCUT2D eigenvalue weighted by Gasteiger charge is -2.19. The number of hydrogen-bond donors (Lipinski definition) is 3. The maximum absolute atomic E-state index is 12.2. The molecule has 2 atom stereocenters. The van der Waals surface area contributed by atoms with Crippen LogP contribution in [-0.2, 0) is 16.0 Å². The molecule has 4 nitrogen and oxygen atoms in total. The van der Waals surface area contributed by atoms with Crippen LogP contribution >= 0.6 is 24.4 Å². The molecule has 0 aliphatic rings. The first kappa shape index (κ1) is 18.9. The average Bonchev–Trinajstić information content (AvgIpc) is 2.52. The van der Waals surface area contributed by atoms with E-state index in [0.717, 1.165) is 6.42 Å². The van der Waals surface area contributed by atoms with Gasteiger partial charge < -0.3 is 10.4 Å². The molecule has 0 spiro atoms. The Bertz CT molecular complexity index is 468. The number of carboxylic acids is 1. The molecule has 1 aromatic rings. The Labute approximate surface area is 141 Å². The van der Waals surface area contributed by atoms with E-state index < -0.39 is 12.0 Å². The van der Waals surface area contributed by atoms with Gasteiger partial charge in [-0.1, -0.05) is 30.3 Å². The van der Waals surface area contributed by atoms with Crippen LogP contribution in [0.5, 0.6) is 0 Å². The lowest BCUT2D eigenvalue weighted by Crippen LogP contribution is -2.44. The summed E-state index contributed by atoms with van der Waals surface area (Å²) in [7, 11) is 0. The quantitative estimate of drug-likeness (QED) is 0.572. The van der Waals surface area contributed by atoms with E-state index in [4.69, 9.17) is 5.11 Å². The van der Waals surface area contributed by atoms with Gasteiger partial charge in [0, 0.05) is 11.7 Å². The fraction of sp³-hybridized carbons (Fsp3) is 0.500. The molecule has 0 aliphatic carbocycles. The van der Waals surface area contributed by atoms with Crippen LogP contribution in [0.1, 0.15) is 18.4 Å². The van der Waals surface area contributed by atoms with Gasteiger partial charge in [-0.3, -0.25) is 4.79 Å². The molecule has 0 saturated carbocycles. The minimum atomic E-state index is -0.983. The number of nitrogens with one attached hydrogen (secondary N) is 1. The molecule has 0 saturated heterocycles. The van der Waals surface area contributed by atoms with Crippen molar-refractivity contribution in [2.24, 2.45) is 5.92 Å². The second-order valence-electron chi connectivity index (χ2n) is 5.08. The highest BCUT2D eigenvalue weighted by molar-refractivity contribution is 7.98. The summed E-state index contributed by atoms with van der Waals surface area (Å²) in [6.07, 6.45) is 3.79. The Hall–Kier alpha value is -1.14. The van der Waals surface area contributed by atoms with Gasteiger partial charge in [0.05, 0.1) is 0 Å². The Kier molecular flexibility index (Phi) is 9.08. The lowest BCUT2D eigenvalue weighted by molar-refractivity contribution is -0.142. The average molecular weight is 341 g/mol. The summed E-state index contributed by atoms with van der Waals surface area (Å²) in [6.45, 7) is 0. The fourth-order valence-corrected chi connectivity index (χ4v) is 2.89. The number of benzene rings is 1. The van der Waals surface area contributed by atoms with Crippen LogP contribution in [-0.4, -0.2) is 40.8 Å². The van der Waals surface area contributed by atoms with Crippen molar-refractivity contribution >= 4 is 36.3 Å². The largest absolute Gasteiger partial charge is 0.480 e. The van der Waals surface area contributed by atoms with E-state index in [1.165, 1.54) is 5.56 Å². The van der Waals surface area contributed by atoms with Gasteiger partial charge >= 0.3 is 5.97 Å². The number of thioether (sulfide) groups is 1. The minimum Gasteiger partial charge on any atom is -0.480 e. The SMILES string of the molecule is CSCC[C@H](NC(=O)[C@H](CS)CCc1ccccc1)C(=O)O. The zero-order valence-electron chi connectivity index (χ0n) is 12.7. The van der Waals surface area contributed by atoms with Crippen LogP contribution < -0.4 is 5.32 Å². The highest BCUT2D eigenvalue weighted by atomic mass is 32.2. The fourth-order valence-electron chi connectivity index (χ4n) is 2.07. The highest BCUT2D eigenvalue weighted by Gasteiger charge is 2.24. The summed E-state index contributed by atoms with van der Waals surface area (Å²) in [5.41, 5.74) is 1.17. The third-order valence-electron chi connectivity index (χ3n) is 3.44. The summed E-state index contributed by atoms with van der Waals surface area (Å²) in [5, 5.41) is 11.8. The molecule has 0 unspecified atom stereocenters. The first-order valence-electron chi connectivity index (χ1n) is 7.25. The van der Waals surface area contributed by atoms with Crippen molar-refractivity contribution in [1.29, 1.82) is 0 Å². The number of amides is 1. The molecular weight excluding hydrogens is 318 g/mol. The summed E-state index contributed by atoms with van der Waals surface area (Å²) in [4.78, 5) is 23.4. The summed E-state index contributed by atoms with van der Waals surface area (Å²) in [6, 6.07) is 9.11. The number of carbonyl (C=O) groups is 2. The molecule has 0 aliphatic heterocycles. The molecule has 0 heterocycles. The van der Waals surface area contributed by atoms with Crippen LogP contribution in [0, 0.1) is 5.92 Å². The molecule has 22 heavy (non-hydrogen) atoms. The van der Waals surface area contributed by atoms with Gasteiger partial charge in [-0.25, -0.2) is 4.79 Å². The van der Waals surface area contributed by atoms with Crippen molar-refractivity contribution in [3.63, 3.8) is 0 Å². The standard InChI is InChI=1S/C16H23NO3S2/c1-22-10-9-14(16(19)20)17-15(18)13(11-21)8-7-12-5-3-2-4-6-12/h2-6,13-14,21H,7-11H2,1H3,(H,17,18)(H,19,20)/t13-,14-/m0/s1. The van der Waals surface area contributed by atoms with E-state index in [-0.39, 0.29) is 11.8 Å². The summed E-state index contributed by atoms with van der Waals surface area (Å²) in [5.74, 6) is -0.372. The van der Waals surface area contributed by atoms with Crippen molar-refractivity contribution in [2.45, 2.75) is 25.3 Å². The monoisotopic (exact) mass is 341 g/mol. The predicted octanol–water partition coefficient (Wildman–Crippen LogP) is 2.49. The Morgan fingerprint density at radius 1 is 1.27 bits per heavy atom. The Morgan fingerprint density at radius 3 is 2.50 bits per heavy atom. The molecule has 1 aromatic carbocycles. The molecule has 0 bridgehead atoms. The molecule has 0 aromatic heterocycles. The molecule has 0 fully saturated rings. The van der Waals surface area contributed by atoms with E-state index in [1.807, 2.05) is 36.6 Å². The Morgan fingerprint density at radius 2 is 1.95 bits per heavy atom. The van der Waals surface area contributed by atoms with Gasteiger partial charge in [-0.05, 0) is 36.8 Å². The van der Waals surface area contributed by atoms with Crippen LogP contribution in [0.2, 0.25) is 0 Å². The number of rotatable bonds is 10. The molecule has 122 valence electrons. The van der Waals surface area contributed by atoms with Crippen molar-refractivity contribution in [1.82, 2.24) is 5.32 Å². The smallest absolute Gasteiger partial charge is 0.326 e. The Balaban J connectivity index is 2.53. The van der Waals surface area contributed by atoms with Gasteiger partial charge in [0.25, 0.3) is 0 Å². The maximum Gasteiger partial charge on any atom is 0.326 e. The summed E-state index contributed by atoms with van der Waals surface area (Å²) >= 11 is 5.80.